The second kappa shape index (κ2) is 10.5. The molecule has 1 saturated heterocycles. The summed E-state index contributed by atoms with van der Waals surface area (Å²) in [5.41, 5.74) is 6.43. The maximum absolute atomic E-state index is 11.8. The lowest BCUT2D eigenvalue weighted by atomic mass is 9.84. The molecule has 0 bridgehead atoms. The topological polar surface area (TPSA) is 78.7 Å². The normalized spacial score (nSPS) is 23.4. The summed E-state index contributed by atoms with van der Waals surface area (Å²) in [7, 11) is 0. The number of hydrogen-bond acceptors (Lipinski definition) is 4. The molecular weight excluding hydrogens is 352 g/mol. The summed E-state index contributed by atoms with van der Waals surface area (Å²) < 4.78 is 0. The average molecular weight is 387 g/mol. The van der Waals surface area contributed by atoms with E-state index in [9.17, 15) is 9.59 Å². The minimum atomic E-state index is -0.413. The summed E-state index contributed by atoms with van der Waals surface area (Å²) >= 11 is 0. The van der Waals surface area contributed by atoms with Crippen LogP contribution in [-0.2, 0) is 9.59 Å². The largest absolute Gasteiger partial charge is 0.370 e. The van der Waals surface area contributed by atoms with Crippen LogP contribution in [-0.4, -0.2) is 55.5 Å². The Bertz CT molecular complexity index is 621. The van der Waals surface area contributed by atoms with Gasteiger partial charge in [0.05, 0.1) is 0 Å². The molecule has 6 nitrogen and oxygen atoms in total. The summed E-state index contributed by atoms with van der Waals surface area (Å²) in [6.45, 7) is 5.67. The van der Waals surface area contributed by atoms with Crippen molar-refractivity contribution in [3.8, 4) is 0 Å². The molecular formula is C22H34N4O2. The number of amides is 2. The second-order valence-corrected chi connectivity index (χ2v) is 8.20. The monoisotopic (exact) mass is 386 g/mol. The molecule has 2 fully saturated rings. The van der Waals surface area contributed by atoms with Gasteiger partial charge in [0.15, 0.2) is 0 Å². The van der Waals surface area contributed by atoms with Gasteiger partial charge in [0.2, 0.25) is 11.8 Å². The van der Waals surface area contributed by atoms with E-state index in [-0.39, 0.29) is 24.8 Å². The number of nitrogens with one attached hydrogen (secondary N) is 1. The smallest absolute Gasteiger partial charge is 0.220 e. The van der Waals surface area contributed by atoms with E-state index in [4.69, 9.17) is 5.73 Å². The molecule has 1 heterocycles. The van der Waals surface area contributed by atoms with E-state index in [1.54, 1.807) is 0 Å². The zero-order valence-corrected chi connectivity index (χ0v) is 16.8. The first kappa shape index (κ1) is 20.6. The average Bonchev–Trinajstić information content (AvgIpc) is 2.73. The van der Waals surface area contributed by atoms with E-state index in [1.165, 1.54) is 31.5 Å². The molecule has 0 spiro atoms. The number of nitrogens with zero attached hydrogens (tertiary/aromatic N) is 2. The summed E-state index contributed by atoms with van der Waals surface area (Å²) in [5.74, 6) is 0.313. The van der Waals surface area contributed by atoms with Gasteiger partial charge in [-0.2, -0.15) is 0 Å². The molecule has 1 aromatic rings. The lowest BCUT2D eigenvalue weighted by Crippen LogP contribution is -2.47. The molecule has 0 atom stereocenters. The van der Waals surface area contributed by atoms with Crippen LogP contribution in [0.15, 0.2) is 30.3 Å². The van der Waals surface area contributed by atoms with Crippen molar-refractivity contribution < 1.29 is 9.59 Å². The Morgan fingerprint density at radius 3 is 2.29 bits per heavy atom. The molecule has 28 heavy (non-hydrogen) atoms. The number of rotatable bonds is 8. The van der Waals surface area contributed by atoms with Gasteiger partial charge in [0.25, 0.3) is 0 Å². The fourth-order valence-electron chi connectivity index (χ4n) is 4.37. The molecule has 1 aromatic carbocycles. The number of piperazine rings is 1. The highest BCUT2D eigenvalue weighted by Crippen LogP contribution is 2.27. The number of anilines is 1. The minimum Gasteiger partial charge on any atom is -0.370 e. The van der Waals surface area contributed by atoms with Crippen LogP contribution in [0.4, 0.5) is 5.69 Å². The highest BCUT2D eigenvalue weighted by atomic mass is 16.2. The number of benzene rings is 1. The zero-order chi connectivity index (χ0) is 19.8. The summed E-state index contributed by atoms with van der Waals surface area (Å²) in [6.07, 6.45) is 6.08. The number of carbonyl (C=O) groups is 2. The lowest BCUT2D eigenvalue weighted by molar-refractivity contribution is -0.125. The van der Waals surface area contributed by atoms with Crippen LogP contribution in [0.5, 0.6) is 0 Å². The van der Waals surface area contributed by atoms with Crippen molar-refractivity contribution in [3.63, 3.8) is 0 Å². The Hall–Kier alpha value is -2.08. The van der Waals surface area contributed by atoms with Crippen molar-refractivity contribution in [2.24, 2.45) is 11.7 Å². The van der Waals surface area contributed by atoms with Crippen molar-refractivity contribution in [1.82, 2.24) is 10.2 Å². The molecule has 6 heteroatoms. The van der Waals surface area contributed by atoms with Crippen molar-refractivity contribution in [2.75, 3.05) is 37.6 Å². The lowest BCUT2D eigenvalue weighted by Gasteiger charge is -2.37. The van der Waals surface area contributed by atoms with Gasteiger partial charge in [0, 0.05) is 50.7 Å². The van der Waals surface area contributed by atoms with Crippen molar-refractivity contribution in [1.29, 1.82) is 0 Å². The fourth-order valence-corrected chi connectivity index (χ4v) is 4.37. The molecule has 0 radical (unpaired) electrons. The van der Waals surface area contributed by atoms with Gasteiger partial charge in [-0.25, -0.2) is 0 Å². The second-order valence-electron chi connectivity index (χ2n) is 8.20. The SMILES string of the molecule is NC(=O)CCC(=O)N[C@H]1CC[C@H](CCN2CCN(c3ccccc3)CC2)CC1. The Kier molecular flexibility index (Phi) is 7.71. The number of para-hydroxylation sites is 1. The maximum Gasteiger partial charge on any atom is 0.220 e. The minimum absolute atomic E-state index is 0.0430. The number of nitrogens with two attached hydrogens (primary N) is 1. The van der Waals surface area contributed by atoms with E-state index in [1.807, 2.05) is 0 Å². The van der Waals surface area contributed by atoms with Crippen molar-refractivity contribution in [3.05, 3.63) is 30.3 Å². The molecule has 0 unspecified atom stereocenters. The molecule has 3 N–H and O–H groups in total. The Balaban J connectivity index is 1.29. The van der Waals surface area contributed by atoms with Gasteiger partial charge in [-0.05, 0) is 56.7 Å². The third kappa shape index (κ3) is 6.51. The quantitative estimate of drug-likeness (QED) is 0.717. The van der Waals surface area contributed by atoms with Crippen LogP contribution in [0.25, 0.3) is 0 Å². The first-order valence-electron chi connectivity index (χ1n) is 10.7. The Labute approximate surface area is 168 Å². The van der Waals surface area contributed by atoms with E-state index < -0.39 is 5.91 Å². The molecule has 1 aliphatic heterocycles. The Morgan fingerprint density at radius 2 is 1.64 bits per heavy atom. The van der Waals surface area contributed by atoms with E-state index in [0.717, 1.165) is 44.9 Å². The van der Waals surface area contributed by atoms with Gasteiger partial charge < -0.3 is 16.0 Å². The summed E-state index contributed by atoms with van der Waals surface area (Å²) in [5, 5.41) is 3.06. The Morgan fingerprint density at radius 1 is 0.964 bits per heavy atom. The predicted octanol–water partition coefficient (Wildman–Crippen LogP) is 2.14. The van der Waals surface area contributed by atoms with Gasteiger partial charge in [0.1, 0.15) is 0 Å². The van der Waals surface area contributed by atoms with E-state index in [2.05, 4.69) is 45.4 Å². The van der Waals surface area contributed by atoms with Crippen LogP contribution in [0.2, 0.25) is 0 Å². The van der Waals surface area contributed by atoms with Crippen LogP contribution in [0.3, 0.4) is 0 Å². The summed E-state index contributed by atoms with van der Waals surface area (Å²) in [4.78, 5) is 27.7. The van der Waals surface area contributed by atoms with E-state index in [0.29, 0.717) is 0 Å². The maximum atomic E-state index is 11.8. The number of primary amides is 1. The number of hydrogen-bond donors (Lipinski definition) is 2. The van der Waals surface area contributed by atoms with E-state index >= 15 is 0 Å². The van der Waals surface area contributed by atoms with Crippen LogP contribution < -0.4 is 16.0 Å². The van der Waals surface area contributed by atoms with Gasteiger partial charge >= 0.3 is 0 Å². The molecule has 2 aliphatic rings. The number of carbonyl (C=O) groups excluding carboxylic acids is 2. The molecule has 154 valence electrons. The molecule has 1 saturated carbocycles. The summed E-state index contributed by atoms with van der Waals surface area (Å²) in [6, 6.07) is 10.9. The van der Waals surface area contributed by atoms with Crippen molar-refractivity contribution >= 4 is 17.5 Å². The van der Waals surface area contributed by atoms with Gasteiger partial charge in [-0.15, -0.1) is 0 Å². The van der Waals surface area contributed by atoms with Crippen LogP contribution in [0, 0.1) is 5.92 Å². The molecule has 0 aromatic heterocycles. The van der Waals surface area contributed by atoms with Crippen LogP contribution >= 0.6 is 0 Å². The standard InChI is InChI=1S/C22H34N4O2/c23-21(27)10-11-22(28)24-19-8-6-18(7-9-19)12-13-25-14-16-26(17-15-25)20-4-2-1-3-5-20/h1-5,18-19H,6-17H2,(H2,23,27)(H,24,28)/t18-,19-. The third-order valence-electron chi connectivity index (χ3n) is 6.16. The molecule has 3 rings (SSSR count). The predicted molar refractivity (Wildman–Crippen MR) is 112 cm³/mol. The zero-order valence-electron chi connectivity index (χ0n) is 16.8. The molecule has 2 amide bonds. The van der Waals surface area contributed by atoms with Gasteiger partial charge in [-0.1, -0.05) is 18.2 Å². The first-order chi connectivity index (χ1) is 13.6. The highest BCUT2D eigenvalue weighted by Gasteiger charge is 2.24. The first-order valence-corrected chi connectivity index (χ1v) is 10.7. The highest BCUT2D eigenvalue weighted by molar-refractivity contribution is 5.82. The fraction of sp³-hybridized carbons (Fsp3) is 0.636. The molecule has 1 aliphatic carbocycles. The van der Waals surface area contributed by atoms with Crippen LogP contribution in [0.1, 0.15) is 44.9 Å². The van der Waals surface area contributed by atoms with Gasteiger partial charge in [-0.3, -0.25) is 14.5 Å². The van der Waals surface area contributed by atoms with Crippen molar-refractivity contribution in [2.45, 2.75) is 51.0 Å². The third-order valence-corrected chi connectivity index (χ3v) is 6.16.